The average Bonchev–Trinajstić information content (AvgIpc) is 2.69. The molecule has 0 atom stereocenters. The maximum absolute atomic E-state index is 13.0. The molecular formula is C21H24N2O4S. The van der Waals surface area contributed by atoms with E-state index < -0.39 is 15.1 Å². The van der Waals surface area contributed by atoms with Crippen molar-refractivity contribution < 1.29 is 17.9 Å². The zero-order valence-corrected chi connectivity index (χ0v) is 17.1. The molecule has 2 rings (SSSR count). The van der Waals surface area contributed by atoms with Gasteiger partial charge in [0.25, 0.3) is 5.91 Å². The molecule has 0 unspecified atom stereocenters. The lowest BCUT2D eigenvalue weighted by atomic mass is 10.1. The maximum atomic E-state index is 13.0. The summed E-state index contributed by atoms with van der Waals surface area (Å²) < 4.78 is 29.9. The third-order valence-electron chi connectivity index (χ3n) is 4.20. The fourth-order valence-electron chi connectivity index (χ4n) is 2.61. The Bertz CT molecular complexity index is 943. The lowest BCUT2D eigenvalue weighted by molar-refractivity contribution is 0.0987. The van der Waals surface area contributed by atoms with Crippen molar-refractivity contribution in [1.82, 2.24) is 0 Å². The van der Waals surface area contributed by atoms with Crippen molar-refractivity contribution in [2.24, 2.45) is 0 Å². The van der Waals surface area contributed by atoms with Crippen molar-refractivity contribution in [3.63, 3.8) is 0 Å². The fourth-order valence-corrected chi connectivity index (χ4v) is 3.67. The third kappa shape index (κ3) is 4.90. The monoisotopic (exact) mass is 400 g/mol. The van der Waals surface area contributed by atoms with Gasteiger partial charge in [0.2, 0.25) is 0 Å². The number of hydrogen-bond donors (Lipinski definition) is 0. The quantitative estimate of drug-likeness (QED) is 0.672. The molecule has 0 saturated carbocycles. The number of anilines is 1. The Kier molecular flexibility index (Phi) is 7.18. The van der Waals surface area contributed by atoms with Crippen LogP contribution >= 0.6 is 0 Å². The minimum Gasteiger partial charge on any atom is -0.494 e. The number of nitrogens with zero attached hydrogens (tertiary/aromatic N) is 2. The van der Waals surface area contributed by atoms with Crippen LogP contribution in [0.3, 0.4) is 0 Å². The van der Waals surface area contributed by atoms with Gasteiger partial charge in [0.05, 0.1) is 29.2 Å². The fraction of sp³-hybridized carbons (Fsp3) is 0.333. The molecule has 2 aromatic carbocycles. The molecule has 0 heterocycles. The van der Waals surface area contributed by atoms with E-state index in [0.717, 1.165) is 0 Å². The van der Waals surface area contributed by atoms with Crippen LogP contribution < -0.4 is 9.64 Å². The van der Waals surface area contributed by atoms with Gasteiger partial charge in [-0.25, -0.2) is 8.42 Å². The van der Waals surface area contributed by atoms with Gasteiger partial charge in [-0.1, -0.05) is 0 Å². The number of benzene rings is 2. The Balaban J connectivity index is 2.31. The number of rotatable bonds is 8. The highest BCUT2D eigenvalue weighted by Gasteiger charge is 2.21. The van der Waals surface area contributed by atoms with Crippen LogP contribution in [-0.2, 0) is 9.84 Å². The third-order valence-corrected chi connectivity index (χ3v) is 6.37. The van der Waals surface area contributed by atoms with Gasteiger partial charge in [-0.3, -0.25) is 4.79 Å². The zero-order valence-electron chi connectivity index (χ0n) is 16.3. The van der Waals surface area contributed by atoms with E-state index in [1.54, 1.807) is 38.1 Å². The van der Waals surface area contributed by atoms with Crippen molar-refractivity contribution >= 4 is 21.4 Å². The van der Waals surface area contributed by atoms with Gasteiger partial charge in [-0.05, 0) is 69.3 Å². The van der Waals surface area contributed by atoms with Crippen molar-refractivity contribution in [3.05, 3.63) is 54.1 Å². The van der Waals surface area contributed by atoms with Crippen LogP contribution in [0.2, 0.25) is 0 Å². The first-order valence-electron chi connectivity index (χ1n) is 9.07. The van der Waals surface area contributed by atoms with Crippen LogP contribution in [0, 0.1) is 11.3 Å². The van der Waals surface area contributed by atoms with Gasteiger partial charge < -0.3 is 9.64 Å². The second-order valence-corrected chi connectivity index (χ2v) is 8.91. The molecule has 28 heavy (non-hydrogen) atoms. The first kappa shape index (κ1) is 21.5. The lowest BCUT2D eigenvalue weighted by Crippen LogP contribution is -2.31. The molecule has 0 N–H and O–H groups in total. The minimum absolute atomic E-state index is 0.179. The Labute approximate surface area is 166 Å². The molecule has 0 fully saturated rings. The smallest absolute Gasteiger partial charge is 0.258 e. The molecule has 0 bridgehead atoms. The van der Waals surface area contributed by atoms with Crippen LogP contribution in [-0.4, -0.2) is 32.7 Å². The van der Waals surface area contributed by atoms with E-state index in [2.05, 4.69) is 0 Å². The molecule has 0 aliphatic carbocycles. The normalized spacial score (nSPS) is 11.1. The van der Waals surface area contributed by atoms with E-state index in [0.29, 0.717) is 23.6 Å². The first-order chi connectivity index (χ1) is 13.3. The summed E-state index contributed by atoms with van der Waals surface area (Å²) in [5.41, 5.74) is 0.997. The average molecular weight is 401 g/mol. The Morgan fingerprint density at radius 2 is 1.71 bits per heavy atom. The molecule has 148 valence electrons. The number of hydrogen-bond acceptors (Lipinski definition) is 5. The number of ether oxygens (including phenoxy) is 1. The Morgan fingerprint density at radius 1 is 1.11 bits per heavy atom. The van der Waals surface area contributed by atoms with Gasteiger partial charge in [-0.2, -0.15) is 5.26 Å². The highest BCUT2D eigenvalue weighted by Crippen LogP contribution is 2.23. The number of amides is 1. The van der Waals surface area contributed by atoms with Crippen molar-refractivity contribution in [3.8, 4) is 11.8 Å². The van der Waals surface area contributed by atoms with E-state index >= 15 is 0 Å². The van der Waals surface area contributed by atoms with Gasteiger partial charge in [0, 0.05) is 17.8 Å². The molecule has 7 heteroatoms. The second-order valence-electron chi connectivity index (χ2n) is 6.41. The van der Waals surface area contributed by atoms with E-state index in [4.69, 9.17) is 10.00 Å². The summed E-state index contributed by atoms with van der Waals surface area (Å²) in [4.78, 5) is 14.7. The van der Waals surface area contributed by atoms with E-state index in [9.17, 15) is 13.2 Å². The van der Waals surface area contributed by atoms with Crippen molar-refractivity contribution in [2.75, 3.05) is 18.1 Å². The highest BCUT2D eigenvalue weighted by atomic mass is 32.2. The maximum Gasteiger partial charge on any atom is 0.258 e. The predicted molar refractivity (Wildman–Crippen MR) is 108 cm³/mol. The first-order valence-corrected chi connectivity index (χ1v) is 10.6. The van der Waals surface area contributed by atoms with Gasteiger partial charge >= 0.3 is 0 Å². The molecule has 0 radical (unpaired) electrons. The second kappa shape index (κ2) is 9.38. The van der Waals surface area contributed by atoms with Crippen molar-refractivity contribution in [2.45, 2.75) is 37.3 Å². The summed E-state index contributed by atoms with van der Waals surface area (Å²) in [5, 5.41) is 8.39. The summed E-state index contributed by atoms with van der Waals surface area (Å²) in [6, 6.07) is 15.0. The number of sulfone groups is 1. The largest absolute Gasteiger partial charge is 0.494 e. The molecule has 0 aliphatic heterocycles. The topological polar surface area (TPSA) is 87.5 Å². The molecule has 0 spiro atoms. The summed E-state index contributed by atoms with van der Waals surface area (Å²) in [7, 11) is -3.40. The SMILES string of the molecule is CCOc1ccc(N(CCC#N)C(=O)c2ccc(S(=O)(=O)C(C)C)cc2)cc1. The standard InChI is InChI=1S/C21H24N2O4S/c1-4-27-19-10-8-18(9-11-19)23(15-5-14-22)21(24)17-6-12-20(13-7-17)28(25,26)16(2)3/h6-13,16H,4-5,15H2,1-3H3. The predicted octanol–water partition coefficient (Wildman–Crippen LogP) is 3.83. The van der Waals surface area contributed by atoms with E-state index in [1.165, 1.54) is 29.2 Å². The molecule has 0 aliphatic rings. The summed E-state index contributed by atoms with van der Waals surface area (Å²) in [5.74, 6) is 0.398. The summed E-state index contributed by atoms with van der Waals surface area (Å²) >= 11 is 0. The molecule has 6 nitrogen and oxygen atoms in total. The van der Waals surface area contributed by atoms with Gasteiger partial charge in [0.15, 0.2) is 9.84 Å². The Hall–Kier alpha value is -2.85. The van der Waals surface area contributed by atoms with Crippen LogP contribution in [0.15, 0.2) is 53.4 Å². The van der Waals surface area contributed by atoms with Crippen LogP contribution in [0.5, 0.6) is 5.75 Å². The molecule has 2 aromatic rings. The van der Waals surface area contributed by atoms with E-state index in [-0.39, 0.29) is 23.8 Å². The zero-order chi connectivity index (χ0) is 20.7. The van der Waals surface area contributed by atoms with Crippen LogP contribution in [0.1, 0.15) is 37.6 Å². The number of nitriles is 1. The molecule has 0 saturated heterocycles. The van der Waals surface area contributed by atoms with Crippen LogP contribution in [0.4, 0.5) is 5.69 Å². The van der Waals surface area contributed by atoms with Gasteiger partial charge in [-0.15, -0.1) is 0 Å². The van der Waals surface area contributed by atoms with Crippen LogP contribution in [0.25, 0.3) is 0 Å². The summed E-state index contributed by atoms with van der Waals surface area (Å²) in [6.07, 6.45) is 0.179. The van der Waals surface area contributed by atoms with Crippen molar-refractivity contribution in [1.29, 1.82) is 5.26 Å². The molecular weight excluding hydrogens is 376 g/mol. The highest BCUT2D eigenvalue weighted by molar-refractivity contribution is 7.92. The Morgan fingerprint density at radius 3 is 2.21 bits per heavy atom. The molecule has 1 amide bonds. The minimum atomic E-state index is -3.40. The van der Waals surface area contributed by atoms with E-state index in [1.807, 2.05) is 13.0 Å². The molecule has 0 aromatic heterocycles. The lowest BCUT2D eigenvalue weighted by Gasteiger charge is -2.22. The van der Waals surface area contributed by atoms with Gasteiger partial charge in [0.1, 0.15) is 5.75 Å². The summed E-state index contributed by atoms with van der Waals surface area (Å²) in [6.45, 7) is 5.89. The number of carbonyl (C=O) groups excluding carboxylic acids is 1. The number of carbonyl (C=O) groups is 1.